The standard InChI is InChI=1S/C15H14Cl2FN.ClH/c16-14-2-1-3-15(17)13(14)10-19-9-8-11-4-6-12(18)7-5-11;/h1-7,19H,8-10H2;1H. The summed E-state index contributed by atoms with van der Waals surface area (Å²) in [6.07, 6.45) is 0.836. The smallest absolute Gasteiger partial charge is 0.123 e. The zero-order chi connectivity index (χ0) is 13.7. The van der Waals surface area contributed by atoms with Crippen molar-refractivity contribution in [3.63, 3.8) is 0 Å². The van der Waals surface area contributed by atoms with Crippen molar-refractivity contribution < 1.29 is 4.39 Å². The van der Waals surface area contributed by atoms with Crippen molar-refractivity contribution in [2.45, 2.75) is 13.0 Å². The molecule has 108 valence electrons. The highest BCUT2D eigenvalue weighted by molar-refractivity contribution is 6.35. The molecule has 2 aromatic carbocycles. The molecule has 0 saturated heterocycles. The molecule has 0 aliphatic heterocycles. The van der Waals surface area contributed by atoms with Crippen molar-refractivity contribution in [3.8, 4) is 0 Å². The Balaban J connectivity index is 0.00000200. The van der Waals surface area contributed by atoms with Crippen LogP contribution in [0.2, 0.25) is 10.0 Å². The Morgan fingerprint density at radius 2 is 1.55 bits per heavy atom. The van der Waals surface area contributed by atoms with Crippen LogP contribution in [0.4, 0.5) is 4.39 Å². The van der Waals surface area contributed by atoms with Gasteiger partial charge in [0.1, 0.15) is 5.82 Å². The van der Waals surface area contributed by atoms with E-state index < -0.39 is 0 Å². The number of hydrogen-bond acceptors (Lipinski definition) is 1. The fourth-order valence-electron chi connectivity index (χ4n) is 1.80. The van der Waals surface area contributed by atoms with Crippen LogP contribution in [0.15, 0.2) is 42.5 Å². The van der Waals surface area contributed by atoms with Gasteiger partial charge in [0.05, 0.1) is 0 Å². The fourth-order valence-corrected chi connectivity index (χ4v) is 2.33. The predicted octanol–water partition coefficient (Wildman–Crippen LogP) is 4.89. The van der Waals surface area contributed by atoms with Gasteiger partial charge in [-0.15, -0.1) is 12.4 Å². The lowest BCUT2D eigenvalue weighted by Gasteiger charge is -2.08. The van der Waals surface area contributed by atoms with Crippen molar-refractivity contribution in [1.29, 1.82) is 0 Å². The first-order chi connectivity index (χ1) is 9.16. The molecule has 2 rings (SSSR count). The Morgan fingerprint density at radius 1 is 0.950 bits per heavy atom. The van der Waals surface area contributed by atoms with Crippen LogP contribution in [0, 0.1) is 5.82 Å². The second kappa shape index (κ2) is 8.48. The van der Waals surface area contributed by atoms with Crippen molar-refractivity contribution in [2.24, 2.45) is 0 Å². The third-order valence-electron chi connectivity index (χ3n) is 2.87. The minimum absolute atomic E-state index is 0. The van der Waals surface area contributed by atoms with E-state index in [0.29, 0.717) is 16.6 Å². The summed E-state index contributed by atoms with van der Waals surface area (Å²) in [5.41, 5.74) is 2.00. The molecule has 0 atom stereocenters. The van der Waals surface area contributed by atoms with E-state index in [-0.39, 0.29) is 18.2 Å². The average Bonchev–Trinajstić information content (AvgIpc) is 2.39. The van der Waals surface area contributed by atoms with Crippen LogP contribution in [0.3, 0.4) is 0 Å². The lowest BCUT2D eigenvalue weighted by Crippen LogP contribution is -2.17. The van der Waals surface area contributed by atoms with E-state index in [0.717, 1.165) is 24.1 Å². The van der Waals surface area contributed by atoms with Crippen LogP contribution >= 0.6 is 35.6 Å². The molecule has 0 bridgehead atoms. The molecule has 0 aromatic heterocycles. The zero-order valence-electron chi connectivity index (χ0n) is 10.7. The predicted molar refractivity (Wildman–Crippen MR) is 85.5 cm³/mol. The molecule has 0 radical (unpaired) electrons. The molecule has 0 saturated carbocycles. The summed E-state index contributed by atoms with van der Waals surface area (Å²) >= 11 is 12.2. The maximum absolute atomic E-state index is 12.7. The first kappa shape index (κ1) is 17.3. The quantitative estimate of drug-likeness (QED) is 0.768. The van der Waals surface area contributed by atoms with Gasteiger partial charge >= 0.3 is 0 Å². The normalized spacial score (nSPS) is 10.2. The minimum atomic E-state index is -0.209. The van der Waals surface area contributed by atoms with E-state index in [2.05, 4.69) is 5.32 Å². The summed E-state index contributed by atoms with van der Waals surface area (Å²) in [6, 6.07) is 12.0. The maximum atomic E-state index is 12.7. The SMILES string of the molecule is Cl.Fc1ccc(CCNCc2c(Cl)cccc2Cl)cc1. The number of benzene rings is 2. The Kier molecular flexibility index (Phi) is 7.31. The van der Waals surface area contributed by atoms with Gasteiger partial charge in [-0.2, -0.15) is 0 Å². The lowest BCUT2D eigenvalue weighted by atomic mass is 10.1. The molecule has 0 unspecified atom stereocenters. The fraction of sp³-hybridized carbons (Fsp3) is 0.200. The Labute approximate surface area is 134 Å². The molecule has 0 aliphatic rings. The van der Waals surface area contributed by atoms with E-state index >= 15 is 0 Å². The summed E-state index contributed by atoms with van der Waals surface area (Å²) in [5, 5.41) is 4.62. The average molecular weight is 335 g/mol. The first-order valence-corrected chi connectivity index (χ1v) is 6.80. The molecule has 1 N–H and O–H groups in total. The highest BCUT2D eigenvalue weighted by Gasteiger charge is 2.04. The third kappa shape index (κ3) is 4.95. The summed E-state index contributed by atoms with van der Waals surface area (Å²) in [6.45, 7) is 1.41. The van der Waals surface area contributed by atoms with Crippen molar-refractivity contribution in [2.75, 3.05) is 6.54 Å². The second-order valence-corrected chi connectivity index (χ2v) is 5.07. The van der Waals surface area contributed by atoms with Gasteiger partial charge in [-0.05, 0) is 42.8 Å². The molecular formula is C15H15Cl3FN. The van der Waals surface area contributed by atoms with Gasteiger partial charge in [-0.25, -0.2) is 4.39 Å². The summed E-state index contributed by atoms with van der Waals surface area (Å²) in [7, 11) is 0. The van der Waals surface area contributed by atoms with Crippen LogP contribution in [0.25, 0.3) is 0 Å². The van der Waals surface area contributed by atoms with Crippen LogP contribution in [0.1, 0.15) is 11.1 Å². The third-order valence-corrected chi connectivity index (χ3v) is 3.58. The summed E-state index contributed by atoms with van der Waals surface area (Å²) in [4.78, 5) is 0. The Hall–Kier alpha value is -0.800. The molecule has 0 spiro atoms. The molecule has 0 fully saturated rings. The highest BCUT2D eigenvalue weighted by Crippen LogP contribution is 2.23. The van der Waals surface area contributed by atoms with Gasteiger partial charge in [-0.3, -0.25) is 0 Å². The molecular weight excluding hydrogens is 320 g/mol. The van der Waals surface area contributed by atoms with Crippen molar-refractivity contribution in [3.05, 3.63) is 69.5 Å². The zero-order valence-corrected chi connectivity index (χ0v) is 13.0. The van der Waals surface area contributed by atoms with Gasteiger partial charge in [0.15, 0.2) is 0 Å². The van der Waals surface area contributed by atoms with E-state index in [1.165, 1.54) is 12.1 Å². The lowest BCUT2D eigenvalue weighted by molar-refractivity contribution is 0.626. The number of nitrogens with one attached hydrogen (secondary N) is 1. The molecule has 20 heavy (non-hydrogen) atoms. The number of halogens is 4. The van der Waals surface area contributed by atoms with Crippen LogP contribution in [-0.2, 0) is 13.0 Å². The molecule has 0 aliphatic carbocycles. The largest absolute Gasteiger partial charge is 0.312 e. The first-order valence-electron chi connectivity index (χ1n) is 6.05. The molecule has 2 aromatic rings. The summed E-state index contributed by atoms with van der Waals surface area (Å²) in [5.74, 6) is -0.209. The van der Waals surface area contributed by atoms with Crippen molar-refractivity contribution in [1.82, 2.24) is 5.32 Å². The molecule has 0 heterocycles. The van der Waals surface area contributed by atoms with Crippen LogP contribution in [0.5, 0.6) is 0 Å². The minimum Gasteiger partial charge on any atom is -0.312 e. The van der Waals surface area contributed by atoms with Gasteiger partial charge in [0.25, 0.3) is 0 Å². The van der Waals surface area contributed by atoms with Gasteiger partial charge in [0.2, 0.25) is 0 Å². The van der Waals surface area contributed by atoms with Crippen LogP contribution < -0.4 is 5.32 Å². The monoisotopic (exact) mass is 333 g/mol. The highest BCUT2D eigenvalue weighted by atomic mass is 35.5. The van der Waals surface area contributed by atoms with E-state index in [4.69, 9.17) is 23.2 Å². The van der Waals surface area contributed by atoms with E-state index in [1.54, 1.807) is 12.1 Å². The molecule has 0 amide bonds. The number of hydrogen-bond donors (Lipinski definition) is 1. The number of rotatable bonds is 5. The van der Waals surface area contributed by atoms with Crippen LogP contribution in [-0.4, -0.2) is 6.54 Å². The van der Waals surface area contributed by atoms with E-state index in [1.807, 2.05) is 18.2 Å². The topological polar surface area (TPSA) is 12.0 Å². The Bertz CT molecular complexity index is 523. The molecule has 5 heteroatoms. The van der Waals surface area contributed by atoms with Gasteiger partial charge in [0, 0.05) is 22.2 Å². The van der Waals surface area contributed by atoms with Gasteiger partial charge < -0.3 is 5.32 Å². The van der Waals surface area contributed by atoms with E-state index in [9.17, 15) is 4.39 Å². The summed E-state index contributed by atoms with van der Waals surface area (Å²) < 4.78 is 12.7. The second-order valence-electron chi connectivity index (χ2n) is 4.25. The maximum Gasteiger partial charge on any atom is 0.123 e. The molecule has 1 nitrogen and oxygen atoms in total. The van der Waals surface area contributed by atoms with Crippen molar-refractivity contribution >= 4 is 35.6 Å². The Morgan fingerprint density at radius 3 is 2.15 bits per heavy atom. The van der Waals surface area contributed by atoms with Gasteiger partial charge in [-0.1, -0.05) is 41.4 Å².